The number of carbonyl (C=O) groups is 1. The lowest BCUT2D eigenvalue weighted by atomic mass is 9.77. The van der Waals surface area contributed by atoms with Crippen LogP contribution in [0, 0.1) is 35.5 Å². The standard InChI is InChI=1S/C31H50O6/c1-7-8-13-22(3)26-20-21(2)18-19-28(33)25(6)27(32)16-11-9-15-24(5)30(35)31(36)37-29(34)17-12-10-14-23(26)4/h7-8,10,12-14,17-19,21-28,30-33,35-36H,1,9,11,15-16,20H2,2-6H3/t21-,22+,23-,24-,25-,26+,27+,28+,30+,31+/m1/s1. The summed E-state index contributed by atoms with van der Waals surface area (Å²) < 4.78 is 4.98. The molecular formula is C31H50O6. The molecule has 0 amide bonds. The van der Waals surface area contributed by atoms with Gasteiger partial charge in [0.25, 0.3) is 0 Å². The molecule has 10 atom stereocenters. The number of allylic oxidation sites excluding steroid dienone is 7. The fraction of sp³-hybridized carbons (Fsp3) is 0.645. The zero-order valence-corrected chi connectivity index (χ0v) is 23.3. The first-order chi connectivity index (χ1) is 17.5. The first-order valence-electron chi connectivity index (χ1n) is 13.7. The number of cyclic esters (lactones) is 1. The molecule has 0 unspecified atom stereocenters. The fourth-order valence-corrected chi connectivity index (χ4v) is 4.80. The molecule has 0 aromatic heterocycles. The molecule has 0 aromatic rings. The highest BCUT2D eigenvalue weighted by molar-refractivity contribution is 5.82. The van der Waals surface area contributed by atoms with Gasteiger partial charge in [-0.3, -0.25) is 0 Å². The van der Waals surface area contributed by atoms with E-state index in [4.69, 9.17) is 4.74 Å². The van der Waals surface area contributed by atoms with E-state index in [1.165, 1.54) is 6.08 Å². The Morgan fingerprint density at radius 3 is 2.35 bits per heavy atom. The minimum absolute atomic E-state index is 0.192. The molecule has 1 aliphatic heterocycles. The average Bonchev–Trinajstić information content (AvgIpc) is 2.87. The van der Waals surface area contributed by atoms with E-state index in [1.54, 1.807) is 31.2 Å². The number of ether oxygens (including phenoxy) is 1. The summed E-state index contributed by atoms with van der Waals surface area (Å²) in [5, 5.41) is 41.7. The van der Waals surface area contributed by atoms with Crippen LogP contribution in [0.2, 0.25) is 0 Å². The number of hydrogen-bond donors (Lipinski definition) is 4. The van der Waals surface area contributed by atoms with Crippen LogP contribution in [-0.4, -0.2) is 51.0 Å². The third-order valence-electron chi connectivity index (χ3n) is 7.61. The van der Waals surface area contributed by atoms with Gasteiger partial charge in [0.1, 0.15) is 6.10 Å². The lowest BCUT2D eigenvalue weighted by molar-refractivity contribution is -0.187. The van der Waals surface area contributed by atoms with Crippen molar-refractivity contribution in [2.24, 2.45) is 35.5 Å². The van der Waals surface area contributed by atoms with Crippen LogP contribution in [-0.2, 0) is 9.53 Å². The van der Waals surface area contributed by atoms with Crippen molar-refractivity contribution in [3.8, 4) is 0 Å². The van der Waals surface area contributed by atoms with Crippen LogP contribution in [0.15, 0.2) is 61.3 Å². The highest BCUT2D eigenvalue weighted by Crippen LogP contribution is 2.31. The molecule has 37 heavy (non-hydrogen) atoms. The molecule has 0 bridgehead atoms. The number of esters is 1. The number of carbonyl (C=O) groups excluding carboxylic acids is 1. The Labute approximate surface area is 224 Å². The van der Waals surface area contributed by atoms with Gasteiger partial charge in [-0.25, -0.2) is 4.79 Å². The average molecular weight is 519 g/mol. The Bertz CT molecular complexity index is 785. The molecule has 6 nitrogen and oxygen atoms in total. The van der Waals surface area contributed by atoms with Gasteiger partial charge < -0.3 is 25.2 Å². The van der Waals surface area contributed by atoms with E-state index < -0.39 is 30.6 Å². The van der Waals surface area contributed by atoms with Crippen molar-refractivity contribution in [2.45, 2.75) is 91.3 Å². The summed E-state index contributed by atoms with van der Waals surface area (Å²) >= 11 is 0. The SMILES string of the molecule is C=CC=C[C@H](C)[C@@H]1C[C@H](C)C=C[C@H](O)[C@H](C)[C@@H](O)CCCC[C@@H](C)[C@H](O)[C@@H](O)OC(=O)C=CC=C[C@H]1C. The topological polar surface area (TPSA) is 107 Å². The molecule has 6 heteroatoms. The van der Waals surface area contributed by atoms with E-state index in [9.17, 15) is 25.2 Å². The molecule has 1 aliphatic rings. The molecule has 4 N–H and O–H groups in total. The second kappa shape index (κ2) is 17.5. The molecule has 1 heterocycles. The maximum absolute atomic E-state index is 12.1. The summed E-state index contributed by atoms with van der Waals surface area (Å²) in [6.07, 6.45) is 15.6. The molecule has 1 rings (SSSR count). The molecule has 0 radical (unpaired) electrons. The monoisotopic (exact) mass is 518 g/mol. The normalized spacial score (nSPS) is 36.9. The Morgan fingerprint density at radius 1 is 1.00 bits per heavy atom. The lowest BCUT2D eigenvalue weighted by Gasteiger charge is -2.28. The quantitative estimate of drug-likeness (QED) is 0.235. The van der Waals surface area contributed by atoms with E-state index in [2.05, 4.69) is 33.4 Å². The van der Waals surface area contributed by atoms with Crippen LogP contribution < -0.4 is 0 Å². The number of aliphatic hydroxyl groups is 4. The highest BCUT2D eigenvalue weighted by Gasteiger charge is 2.26. The van der Waals surface area contributed by atoms with Crippen LogP contribution in [0.5, 0.6) is 0 Å². The Balaban J connectivity index is 3.13. The number of hydrogen-bond acceptors (Lipinski definition) is 6. The second-order valence-corrected chi connectivity index (χ2v) is 10.8. The first kappa shape index (κ1) is 33.0. The summed E-state index contributed by atoms with van der Waals surface area (Å²) in [6, 6.07) is 0. The third-order valence-corrected chi connectivity index (χ3v) is 7.61. The molecule has 0 saturated carbocycles. The minimum Gasteiger partial charge on any atom is -0.430 e. The Morgan fingerprint density at radius 2 is 1.68 bits per heavy atom. The van der Waals surface area contributed by atoms with Gasteiger partial charge in [-0.2, -0.15) is 0 Å². The molecule has 0 saturated heterocycles. The van der Waals surface area contributed by atoms with Gasteiger partial charge in [-0.1, -0.05) is 103 Å². The zero-order valence-electron chi connectivity index (χ0n) is 23.3. The van der Waals surface area contributed by atoms with Crippen LogP contribution in [0.3, 0.4) is 0 Å². The highest BCUT2D eigenvalue weighted by atomic mass is 16.6. The Hall–Kier alpha value is -1.99. The van der Waals surface area contributed by atoms with E-state index in [-0.39, 0.29) is 29.6 Å². The Kier molecular flexibility index (Phi) is 15.6. The van der Waals surface area contributed by atoms with Crippen LogP contribution in [0.1, 0.15) is 66.7 Å². The zero-order chi connectivity index (χ0) is 28.0. The summed E-state index contributed by atoms with van der Waals surface area (Å²) in [5.41, 5.74) is 0. The summed E-state index contributed by atoms with van der Waals surface area (Å²) in [7, 11) is 0. The fourth-order valence-electron chi connectivity index (χ4n) is 4.80. The smallest absolute Gasteiger partial charge is 0.333 e. The number of rotatable bonds is 3. The predicted molar refractivity (Wildman–Crippen MR) is 149 cm³/mol. The summed E-state index contributed by atoms with van der Waals surface area (Å²) in [4.78, 5) is 12.1. The van der Waals surface area contributed by atoms with Crippen molar-refractivity contribution < 1.29 is 30.0 Å². The van der Waals surface area contributed by atoms with Gasteiger partial charge in [0, 0.05) is 12.0 Å². The van der Waals surface area contributed by atoms with Crippen molar-refractivity contribution in [2.75, 3.05) is 0 Å². The maximum Gasteiger partial charge on any atom is 0.333 e. The third kappa shape index (κ3) is 12.4. The van der Waals surface area contributed by atoms with Gasteiger partial charge in [0.2, 0.25) is 6.29 Å². The first-order valence-corrected chi connectivity index (χ1v) is 13.7. The van der Waals surface area contributed by atoms with E-state index >= 15 is 0 Å². The van der Waals surface area contributed by atoms with Gasteiger partial charge in [-0.05, 0) is 48.9 Å². The van der Waals surface area contributed by atoms with Crippen molar-refractivity contribution in [3.63, 3.8) is 0 Å². The lowest BCUT2D eigenvalue weighted by Crippen LogP contribution is -2.35. The molecule has 0 fully saturated rings. The summed E-state index contributed by atoms with van der Waals surface area (Å²) in [6.45, 7) is 13.8. The van der Waals surface area contributed by atoms with Gasteiger partial charge in [0.05, 0.1) is 12.2 Å². The molecular weight excluding hydrogens is 468 g/mol. The molecule has 0 aliphatic carbocycles. The van der Waals surface area contributed by atoms with Crippen molar-refractivity contribution in [1.29, 1.82) is 0 Å². The van der Waals surface area contributed by atoms with Gasteiger partial charge in [-0.15, -0.1) is 0 Å². The van der Waals surface area contributed by atoms with Crippen molar-refractivity contribution >= 4 is 5.97 Å². The van der Waals surface area contributed by atoms with Crippen molar-refractivity contribution in [3.05, 3.63) is 61.3 Å². The number of aliphatic hydroxyl groups excluding tert-OH is 4. The largest absolute Gasteiger partial charge is 0.430 e. The summed E-state index contributed by atoms with van der Waals surface area (Å²) in [5.74, 6) is -0.323. The molecule has 0 spiro atoms. The van der Waals surface area contributed by atoms with Gasteiger partial charge >= 0.3 is 5.97 Å². The molecule has 210 valence electrons. The minimum atomic E-state index is -1.61. The second-order valence-electron chi connectivity index (χ2n) is 10.8. The van der Waals surface area contributed by atoms with E-state index in [1.807, 2.05) is 25.2 Å². The van der Waals surface area contributed by atoms with Crippen molar-refractivity contribution in [1.82, 2.24) is 0 Å². The predicted octanol–water partition coefficient (Wildman–Crippen LogP) is 5.10. The maximum atomic E-state index is 12.1. The van der Waals surface area contributed by atoms with Crippen LogP contribution in [0.4, 0.5) is 0 Å². The molecule has 0 aromatic carbocycles. The van der Waals surface area contributed by atoms with Crippen LogP contribution >= 0.6 is 0 Å². The van der Waals surface area contributed by atoms with E-state index in [0.29, 0.717) is 18.8 Å². The van der Waals surface area contributed by atoms with E-state index in [0.717, 1.165) is 19.3 Å². The van der Waals surface area contributed by atoms with Crippen LogP contribution in [0.25, 0.3) is 0 Å². The van der Waals surface area contributed by atoms with Gasteiger partial charge in [0.15, 0.2) is 0 Å².